The number of nitrogens with one attached hydrogen (secondary N) is 1. The Balaban J connectivity index is 2.55. The van der Waals surface area contributed by atoms with Crippen LogP contribution in [-0.4, -0.2) is 32.6 Å². The highest BCUT2D eigenvalue weighted by Crippen LogP contribution is 2.31. The minimum absolute atomic E-state index is 0.196. The second-order valence-electron chi connectivity index (χ2n) is 5.61. The average molecular weight is 252 g/mol. The monoisotopic (exact) mass is 252 g/mol. The largest absolute Gasteiger partial charge is 0.384 e. The van der Waals surface area contributed by atoms with Crippen molar-refractivity contribution in [3.8, 4) is 0 Å². The van der Waals surface area contributed by atoms with Crippen molar-refractivity contribution in [3.05, 3.63) is 21.6 Å². The molecule has 1 aromatic rings. The van der Waals surface area contributed by atoms with Crippen LogP contribution < -0.4 is 5.56 Å². The number of ketones is 2. The molecule has 2 N–H and O–H groups in total. The molecule has 0 saturated heterocycles. The topological polar surface area (TPSA) is 92.2 Å². The van der Waals surface area contributed by atoms with Gasteiger partial charge in [-0.25, -0.2) is 4.68 Å². The summed E-state index contributed by atoms with van der Waals surface area (Å²) >= 11 is 0. The van der Waals surface area contributed by atoms with Gasteiger partial charge in [0.1, 0.15) is 6.10 Å². The lowest BCUT2D eigenvalue weighted by molar-refractivity contribution is -0.154. The minimum atomic E-state index is -1.38. The highest BCUT2D eigenvalue weighted by atomic mass is 16.3. The van der Waals surface area contributed by atoms with E-state index in [0.717, 1.165) is 0 Å². The molecule has 1 aromatic heterocycles. The third-order valence-electron chi connectivity index (χ3n) is 3.21. The molecule has 18 heavy (non-hydrogen) atoms. The Bertz CT molecular complexity index is 588. The van der Waals surface area contributed by atoms with Crippen LogP contribution in [0.2, 0.25) is 0 Å². The molecule has 6 heteroatoms. The molecule has 0 radical (unpaired) electrons. The summed E-state index contributed by atoms with van der Waals surface area (Å²) < 4.78 is 1.40. The van der Waals surface area contributed by atoms with E-state index >= 15 is 0 Å². The summed E-state index contributed by atoms with van der Waals surface area (Å²) in [5, 5.41) is 12.4. The van der Waals surface area contributed by atoms with Crippen molar-refractivity contribution in [3.63, 3.8) is 0 Å². The summed E-state index contributed by atoms with van der Waals surface area (Å²) in [7, 11) is 0. The van der Waals surface area contributed by atoms with E-state index in [4.69, 9.17) is 0 Å². The number of aliphatic hydroxyl groups excluding tert-OH is 1. The van der Waals surface area contributed by atoms with Gasteiger partial charge >= 0.3 is 0 Å². The van der Waals surface area contributed by atoms with Crippen LogP contribution in [0.4, 0.5) is 0 Å². The summed E-state index contributed by atoms with van der Waals surface area (Å²) in [6.45, 7) is 7.19. The molecule has 1 fully saturated rings. The number of H-pyrrole nitrogens is 1. The van der Waals surface area contributed by atoms with Crippen molar-refractivity contribution >= 4 is 11.6 Å². The molecule has 2 unspecified atom stereocenters. The van der Waals surface area contributed by atoms with E-state index in [1.807, 2.05) is 20.8 Å². The third-order valence-corrected chi connectivity index (χ3v) is 3.21. The maximum absolute atomic E-state index is 12.2. The predicted molar refractivity (Wildman–Crippen MR) is 63.5 cm³/mol. The fourth-order valence-corrected chi connectivity index (χ4v) is 2.18. The second-order valence-corrected chi connectivity index (χ2v) is 5.61. The Morgan fingerprint density at radius 1 is 1.17 bits per heavy atom. The molecule has 98 valence electrons. The number of nitrogens with zero attached hydrogens (tertiary/aromatic N) is 1. The maximum atomic E-state index is 12.2. The molecular formula is C12H16N2O4. The maximum Gasteiger partial charge on any atom is 0.271 e. The number of aromatic amines is 1. The third kappa shape index (κ3) is 1.56. The van der Waals surface area contributed by atoms with E-state index in [1.54, 1.807) is 6.92 Å². The van der Waals surface area contributed by atoms with Crippen LogP contribution in [0.25, 0.3) is 0 Å². The first-order chi connectivity index (χ1) is 8.16. The molecule has 1 heterocycles. The number of Topliss-reactive ketones (excluding diaryl/α,β-unsaturated/α-hetero) is 2. The highest BCUT2D eigenvalue weighted by molar-refractivity contribution is 6.48. The van der Waals surface area contributed by atoms with E-state index in [9.17, 15) is 19.5 Å². The molecule has 0 amide bonds. The van der Waals surface area contributed by atoms with E-state index in [-0.39, 0.29) is 11.1 Å². The van der Waals surface area contributed by atoms with Crippen molar-refractivity contribution in [2.45, 2.75) is 45.3 Å². The van der Waals surface area contributed by atoms with Crippen molar-refractivity contribution in [1.29, 1.82) is 0 Å². The SMILES string of the molecule is Cc1[nH]n(C(C)(C)C)c(=O)c1C1C(=O)C(=O)C1O. The zero-order chi connectivity index (χ0) is 13.8. The van der Waals surface area contributed by atoms with E-state index in [2.05, 4.69) is 5.10 Å². The molecule has 1 aliphatic carbocycles. The quantitative estimate of drug-likeness (QED) is 0.679. The molecule has 0 spiro atoms. The van der Waals surface area contributed by atoms with Gasteiger partial charge in [-0.2, -0.15) is 0 Å². The number of carbonyl (C=O) groups is 2. The molecule has 1 saturated carbocycles. The summed E-state index contributed by atoms with van der Waals surface area (Å²) in [6.07, 6.45) is -1.38. The average Bonchev–Trinajstić information content (AvgIpc) is 2.56. The Morgan fingerprint density at radius 3 is 2.11 bits per heavy atom. The Labute approximate surface area is 104 Å². The van der Waals surface area contributed by atoms with Crippen LogP contribution in [0.15, 0.2) is 4.79 Å². The zero-order valence-corrected chi connectivity index (χ0v) is 10.8. The summed E-state index contributed by atoms with van der Waals surface area (Å²) in [4.78, 5) is 34.7. The number of aliphatic hydroxyl groups is 1. The Hall–Kier alpha value is -1.69. The first-order valence-corrected chi connectivity index (χ1v) is 5.74. The normalized spacial score (nSPS) is 24.3. The van der Waals surface area contributed by atoms with Gasteiger partial charge in [0.2, 0.25) is 11.6 Å². The van der Waals surface area contributed by atoms with Gasteiger partial charge in [-0.1, -0.05) is 0 Å². The van der Waals surface area contributed by atoms with Gasteiger partial charge in [0, 0.05) is 5.69 Å². The van der Waals surface area contributed by atoms with Gasteiger partial charge in [-0.3, -0.25) is 19.5 Å². The van der Waals surface area contributed by atoms with Crippen LogP contribution in [-0.2, 0) is 15.1 Å². The first kappa shape index (κ1) is 12.8. The minimum Gasteiger partial charge on any atom is -0.384 e. The predicted octanol–water partition coefficient (Wildman–Crippen LogP) is -0.164. The van der Waals surface area contributed by atoms with Crippen LogP contribution in [0, 0.1) is 6.92 Å². The lowest BCUT2D eigenvalue weighted by atomic mass is 9.74. The van der Waals surface area contributed by atoms with E-state index in [0.29, 0.717) is 5.69 Å². The first-order valence-electron chi connectivity index (χ1n) is 5.74. The van der Waals surface area contributed by atoms with Crippen molar-refractivity contribution < 1.29 is 14.7 Å². The van der Waals surface area contributed by atoms with Crippen LogP contribution >= 0.6 is 0 Å². The van der Waals surface area contributed by atoms with Gasteiger partial charge in [0.15, 0.2) is 0 Å². The zero-order valence-electron chi connectivity index (χ0n) is 10.8. The van der Waals surface area contributed by atoms with Gasteiger partial charge in [-0.15, -0.1) is 0 Å². The van der Waals surface area contributed by atoms with Gasteiger partial charge in [-0.05, 0) is 27.7 Å². The Morgan fingerprint density at radius 2 is 1.72 bits per heavy atom. The summed E-state index contributed by atoms with van der Waals surface area (Å²) in [5.74, 6) is -2.52. The molecule has 0 aliphatic heterocycles. The number of aromatic nitrogens is 2. The van der Waals surface area contributed by atoms with E-state index in [1.165, 1.54) is 4.68 Å². The van der Waals surface area contributed by atoms with Crippen molar-refractivity contribution in [2.24, 2.45) is 0 Å². The van der Waals surface area contributed by atoms with Crippen molar-refractivity contribution in [2.75, 3.05) is 0 Å². The fraction of sp³-hybridized carbons (Fsp3) is 0.583. The number of rotatable bonds is 1. The van der Waals surface area contributed by atoms with Crippen LogP contribution in [0.3, 0.4) is 0 Å². The van der Waals surface area contributed by atoms with E-state index < -0.39 is 29.1 Å². The van der Waals surface area contributed by atoms with Gasteiger partial charge in [0.25, 0.3) is 5.56 Å². The number of hydrogen-bond donors (Lipinski definition) is 2. The van der Waals surface area contributed by atoms with Gasteiger partial charge < -0.3 is 5.11 Å². The second kappa shape index (κ2) is 3.65. The number of carbonyl (C=O) groups excluding carboxylic acids is 2. The summed E-state index contributed by atoms with van der Waals surface area (Å²) in [6, 6.07) is 0. The molecule has 2 rings (SSSR count). The van der Waals surface area contributed by atoms with Crippen LogP contribution in [0.5, 0.6) is 0 Å². The van der Waals surface area contributed by atoms with Crippen molar-refractivity contribution in [1.82, 2.24) is 9.78 Å². The summed E-state index contributed by atoms with van der Waals surface area (Å²) in [5.41, 5.74) is -0.103. The standard InChI is InChI=1S/C12H16N2O4/c1-5-6(7-8(15)10(17)9(7)16)11(18)14(13-5)12(2,3)4/h7-8,13,15H,1-4H3. The molecule has 1 aliphatic rings. The smallest absolute Gasteiger partial charge is 0.271 e. The Kier molecular flexibility index (Phi) is 2.59. The van der Waals surface area contributed by atoms with Crippen LogP contribution in [0.1, 0.15) is 37.9 Å². The molecular weight excluding hydrogens is 236 g/mol. The van der Waals surface area contributed by atoms with Gasteiger partial charge in [0.05, 0.1) is 17.0 Å². The number of hydrogen-bond acceptors (Lipinski definition) is 4. The molecule has 2 atom stereocenters. The lowest BCUT2D eigenvalue weighted by Crippen LogP contribution is -2.52. The molecule has 6 nitrogen and oxygen atoms in total. The number of aryl methyl sites for hydroxylation is 1. The molecule has 0 bridgehead atoms. The fourth-order valence-electron chi connectivity index (χ4n) is 2.18. The molecule has 0 aromatic carbocycles. The lowest BCUT2D eigenvalue weighted by Gasteiger charge is -2.27. The highest BCUT2D eigenvalue weighted by Gasteiger charge is 2.51.